The van der Waals surface area contributed by atoms with Gasteiger partial charge in [-0.15, -0.1) is 11.3 Å². The summed E-state index contributed by atoms with van der Waals surface area (Å²) in [6.45, 7) is 0. The van der Waals surface area contributed by atoms with E-state index >= 15 is 0 Å². The van der Waals surface area contributed by atoms with Gasteiger partial charge in [-0.25, -0.2) is 4.98 Å². The topological polar surface area (TPSA) is 12.9 Å². The molecule has 1 radical (unpaired) electrons. The van der Waals surface area contributed by atoms with Gasteiger partial charge in [-0.3, -0.25) is 0 Å². The largest absolute Gasteiger partial charge is 0.694 e. The summed E-state index contributed by atoms with van der Waals surface area (Å²) in [5, 5.41) is 3.17. The molecule has 0 unspecified atom stereocenters. The van der Waals surface area contributed by atoms with Crippen LogP contribution in [-0.2, 0) is 25.0 Å². The Morgan fingerprint density at radius 3 is 2.39 bits per heavy atom. The molecule has 0 spiro atoms. The fourth-order valence-corrected chi connectivity index (χ4v) is 3.18. The molecule has 0 bridgehead atoms. The van der Waals surface area contributed by atoms with Gasteiger partial charge < -0.3 is 12.3 Å². The molecule has 0 atom stereocenters. The van der Waals surface area contributed by atoms with Crippen LogP contribution >= 0.6 is 11.3 Å². The molecule has 0 aliphatic carbocycles. The Balaban J connectivity index is 0.00000192. The van der Waals surface area contributed by atoms with Gasteiger partial charge in [-0.2, -0.15) is 0 Å². The van der Waals surface area contributed by atoms with Crippen molar-refractivity contribution in [2.45, 2.75) is 19.3 Å². The molecule has 2 aromatic carbocycles. The van der Waals surface area contributed by atoms with Crippen LogP contribution in [0.2, 0.25) is 0 Å². The minimum atomic E-state index is 0. The van der Waals surface area contributed by atoms with Crippen molar-refractivity contribution < 1.29 is 18.6 Å². The number of aromatic nitrogens is 1. The summed E-state index contributed by atoms with van der Waals surface area (Å²) < 4.78 is 0. The third-order valence-electron chi connectivity index (χ3n) is 3.54. The predicted octanol–water partition coefficient (Wildman–Crippen LogP) is 5.39. The third-order valence-corrected chi connectivity index (χ3v) is 4.43. The summed E-state index contributed by atoms with van der Waals surface area (Å²) in [7, 11) is 0. The van der Waals surface area contributed by atoms with Crippen LogP contribution in [0.5, 0.6) is 0 Å². The average Bonchev–Trinajstić information content (AvgIpc) is 3.07. The van der Waals surface area contributed by atoms with Gasteiger partial charge in [0, 0.05) is 35.1 Å². The predicted molar refractivity (Wildman–Crippen MR) is 93.1 cm³/mol. The number of thiazole rings is 1. The van der Waals surface area contributed by atoms with E-state index in [1.54, 1.807) is 11.3 Å². The van der Waals surface area contributed by atoms with Gasteiger partial charge in [0.05, 0.1) is 5.69 Å². The molecule has 3 heteroatoms. The molecule has 0 aliphatic rings. The maximum Gasteiger partial charge on any atom is 0.124 e. The fourth-order valence-electron chi connectivity index (χ4n) is 2.34. The summed E-state index contributed by atoms with van der Waals surface area (Å²) in [4.78, 5) is 4.74. The Kier molecular flexibility index (Phi) is 6.68. The number of hydrogen-bond donors (Lipinski definition) is 0. The van der Waals surface area contributed by atoms with Gasteiger partial charge >= 0.3 is 0 Å². The van der Waals surface area contributed by atoms with E-state index in [9.17, 15) is 0 Å². The number of rotatable bonds is 5. The van der Waals surface area contributed by atoms with Crippen molar-refractivity contribution in [2.75, 3.05) is 0 Å². The Morgan fingerprint density at radius 2 is 1.70 bits per heavy atom. The molecule has 0 aliphatic heterocycles. The number of hydrogen-bond acceptors (Lipinski definition) is 2. The van der Waals surface area contributed by atoms with E-state index in [1.807, 2.05) is 18.2 Å². The standard InChI is InChI=1S/C20H16NS.V/c1-2-3-5-8-16-11-13-17(14-12-16)19-15-22-20(21-19)18-9-6-4-7-10-18;/h4,6-7,9-15H,3,5,8H2;/q-1;. The summed E-state index contributed by atoms with van der Waals surface area (Å²) in [6, 6.07) is 18.8. The normalized spacial score (nSPS) is 9.87. The SMILES string of the molecule is [C-]#CCCCc1ccc(-c2csc(-c3ccccc3)n2)cc1.[V]. The van der Waals surface area contributed by atoms with Crippen LogP contribution in [0.3, 0.4) is 0 Å². The summed E-state index contributed by atoms with van der Waals surface area (Å²) in [5.41, 5.74) is 4.65. The smallest absolute Gasteiger partial charge is 0.124 e. The minimum absolute atomic E-state index is 0. The van der Waals surface area contributed by atoms with Gasteiger partial charge in [-0.05, 0) is 24.8 Å². The zero-order valence-corrected chi connectivity index (χ0v) is 14.9. The van der Waals surface area contributed by atoms with Gasteiger partial charge in [-0.1, -0.05) is 54.6 Å². The van der Waals surface area contributed by atoms with Crippen molar-refractivity contribution in [3.8, 4) is 27.7 Å². The second kappa shape index (κ2) is 8.74. The first kappa shape index (κ1) is 17.6. The van der Waals surface area contributed by atoms with Gasteiger partial charge in [0.25, 0.3) is 0 Å². The van der Waals surface area contributed by atoms with E-state index in [4.69, 9.17) is 11.4 Å². The first-order chi connectivity index (χ1) is 10.9. The molecule has 23 heavy (non-hydrogen) atoms. The van der Waals surface area contributed by atoms with Crippen LogP contribution < -0.4 is 0 Å². The number of nitrogens with zero attached hydrogens (tertiary/aromatic N) is 1. The molecule has 1 heterocycles. The van der Waals surface area contributed by atoms with Crippen LogP contribution in [0.4, 0.5) is 0 Å². The second-order valence-electron chi connectivity index (χ2n) is 5.13. The first-order valence-corrected chi connectivity index (χ1v) is 8.24. The van der Waals surface area contributed by atoms with Gasteiger partial charge in [0.1, 0.15) is 5.01 Å². The number of unbranched alkanes of at least 4 members (excludes halogenated alkanes) is 1. The van der Waals surface area contributed by atoms with E-state index in [0.29, 0.717) is 0 Å². The van der Waals surface area contributed by atoms with Crippen LogP contribution in [0.15, 0.2) is 60.0 Å². The molecular weight excluding hydrogens is 337 g/mol. The summed E-state index contributed by atoms with van der Waals surface area (Å²) in [6.07, 6.45) is 9.64. The van der Waals surface area contributed by atoms with Crippen molar-refractivity contribution >= 4 is 11.3 Å². The van der Waals surface area contributed by atoms with Crippen molar-refractivity contribution in [3.63, 3.8) is 0 Å². The molecule has 0 fully saturated rings. The third kappa shape index (κ3) is 4.59. The van der Waals surface area contributed by atoms with E-state index < -0.39 is 0 Å². The van der Waals surface area contributed by atoms with Gasteiger partial charge in [0.15, 0.2) is 0 Å². The van der Waals surface area contributed by atoms with Gasteiger partial charge in [0.2, 0.25) is 0 Å². The minimum Gasteiger partial charge on any atom is -0.694 e. The molecule has 3 rings (SSSR count). The zero-order valence-electron chi connectivity index (χ0n) is 12.7. The number of benzene rings is 2. The Bertz CT molecular complexity index is 769. The van der Waals surface area contributed by atoms with E-state index in [0.717, 1.165) is 35.5 Å². The summed E-state index contributed by atoms with van der Waals surface area (Å²) in [5.74, 6) is 2.43. The van der Waals surface area contributed by atoms with Crippen molar-refractivity contribution in [1.82, 2.24) is 4.98 Å². The van der Waals surface area contributed by atoms with Crippen molar-refractivity contribution in [3.05, 3.63) is 72.0 Å². The quantitative estimate of drug-likeness (QED) is 0.341. The molecular formula is C20H16NSV-. The first-order valence-electron chi connectivity index (χ1n) is 7.36. The Hall–Kier alpha value is -1.79. The molecule has 3 aromatic rings. The van der Waals surface area contributed by atoms with E-state index in [2.05, 4.69) is 47.7 Å². The molecule has 0 saturated heterocycles. The summed E-state index contributed by atoms with van der Waals surface area (Å²) >= 11 is 1.68. The number of aryl methyl sites for hydroxylation is 1. The van der Waals surface area contributed by atoms with Crippen molar-refractivity contribution in [1.29, 1.82) is 0 Å². The molecule has 0 amide bonds. The van der Waals surface area contributed by atoms with E-state index in [-0.39, 0.29) is 18.6 Å². The zero-order chi connectivity index (χ0) is 15.2. The average molecular weight is 353 g/mol. The van der Waals surface area contributed by atoms with Crippen LogP contribution in [-0.4, -0.2) is 4.98 Å². The Morgan fingerprint density at radius 1 is 0.957 bits per heavy atom. The Labute approximate surface area is 153 Å². The molecule has 1 aromatic heterocycles. The van der Waals surface area contributed by atoms with Crippen molar-refractivity contribution in [2.24, 2.45) is 0 Å². The molecule has 0 saturated carbocycles. The van der Waals surface area contributed by atoms with Crippen LogP contribution in [0, 0.1) is 12.3 Å². The maximum atomic E-state index is 6.93. The van der Waals surface area contributed by atoms with Crippen LogP contribution in [0.25, 0.3) is 21.8 Å². The van der Waals surface area contributed by atoms with E-state index in [1.165, 1.54) is 11.1 Å². The van der Waals surface area contributed by atoms with Crippen LogP contribution in [0.1, 0.15) is 18.4 Å². The fraction of sp³-hybridized carbons (Fsp3) is 0.150. The maximum absolute atomic E-state index is 6.93. The molecule has 0 N–H and O–H groups in total. The molecule has 113 valence electrons. The molecule has 1 nitrogen and oxygen atoms in total. The second-order valence-corrected chi connectivity index (χ2v) is 5.99. The monoisotopic (exact) mass is 353 g/mol.